The molecule has 15 heavy (non-hydrogen) atoms. The number of carbonyl (C=O) groups excluding carboxylic acids is 1. The van der Waals surface area contributed by atoms with Crippen molar-refractivity contribution in [2.45, 2.75) is 24.6 Å². The molecular formula is C10H20BrNO3. The zero-order chi connectivity index (χ0) is 11.5. The second-order valence-electron chi connectivity index (χ2n) is 3.13. The Bertz CT molecular complexity index is 167. The Balaban J connectivity index is 3.20. The average molecular weight is 282 g/mol. The first-order valence-electron chi connectivity index (χ1n) is 5.20. The monoisotopic (exact) mass is 281 g/mol. The molecule has 0 saturated carbocycles. The summed E-state index contributed by atoms with van der Waals surface area (Å²) in [5, 5.41) is 2.83. The molecule has 1 unspecified atom stereocenters. The molecule has 0 aromatic rings. The number of carbonyl (C=O) groups is 1. The summed E-state index contributed by atoms with van der Waals surface area (Å²) in [6, 6.07) is 0. The van der Waals surface area contributed by atoms with Crippen molar-refractivity contribution in [3.63, 3.8) is 0 Å². The van der Waals surface area contributed by atoms with Gasteiger partial charge in [-0.25, -0.2) is 0 Å². The van der Waals surface area contributed by atoms with Crippen molar-refractivity contribution in [1.82, 2.24) is 5.32 Å². The van der Waals surface area contributed by atoms with Gasteiger partial charge in [0, 0.05) is 20.3 Å². The quantitative estimate of drug-likeness (QED) is 0.512. The van der Waals surface area contributed by atoms with E-state index in [1.165, 1.54) is 0 Å². The van der Waals surface area contributed by atoms with E-state index in [1.807, 2.05) is 6.92 Å². The highest BCUT2D eigenvalue weighted by Gasteiger charge is 2.10. The Morgan fingerprint density at radius 3 is 2.73 bits per heavy atom. The number of hydrogen-bond donors (Lipinski definition) is 1. The van der Waals surface area contributed by atoms with E-state index in [4.69, 9.17) is 9.47 Å². The van der Waals surface area contributed by atoms with Gasteiger partial charge in [0.05, 0.1) is 18.0 Å². The van der Waals surface area contributed by atoms with Crippen LogP contribution in [0.2, 0.25) is 0 Å². The van der Waals surface area contributed by atoms with Gasteiger partial charge in [-0.1, -0.05) is 22.9 Å². The van der Waals surface area contributed by atoms with Crippen LogP contribution in [0.25, 0.3) is 0 Å². The molecule has 0 aliphatic carbocycles. The molecule has 0 bridgehead atoms. The molecule has 0 spiro atoms. The fourth-order valence-electron chi connectivity index (χ4n) is 0.926. The summed E-state index contributed by atoms with van der Waals surface area (Å²) in [7, 11) is 1.64. The molecule has 0 aromatic heterocycles. The highest BCUT2D eigenvalue weighted by molar-refractivity contribution is 9.10. The number of halogens is 1. The minimum absolute atomic E-state index is 0.0504. The normalized spacial score (nSPS) is 12.5. The van der Waals surface area contributed by atoms with Gasteiger partial charge in [0.1, 0.15) is 0 Å². The van der Waals surface area contributed by atoms with Crippen molar-refractivity contribution in [2.24, 2.45) is 0 Å². The fourth-order valence-corrected chi connectivity index (χ4v) is 1.09. The second kappa shape index (κ2) is 10.4. The predicted octanol–water partition coefficient (Wildman–Crippen LogP) is 1.33. The molecule has 90 valence electrons. The Hall–Kier alpha value is -0.130. The fraction of sp³-hybridized carbons (Fsp3) is 0.900. The molecule has 0 aliphatic rings. The molecule has 0 fully saturated rings. The molecule has 0 aromatic carbocycles. The van der Waals surface area contributed by atoms with Crippen LogP contribution >= 0.6 is 15.9 Å². The molecule has 0 saturated heterocycles. The third-order valence-corrected chi connectivity index (χ3v) is 2.90. The summed E-state index contributed by atoms with van der Waals surface area (Å²) in [5.74, 6) is 0.0504. The number of amides is 1. The van der Waals surface area contributed by atoms with E-state index in [1.54, 1.807) is 7.11 Å². The van der Waals surface area contributed by atoms with Crippen molar-refractivity contribution in [1.29, 1.82) is 0 Å². The van der Waals surface area contributed by atoms with Crippen molar-refractivity contribution >= 4 is 21.8 Å². The lowest BCUT2D eigenvalue weighted by atomic mass is 10.3. The van der Waals surface area contributed by atoms with Crippen LogP contribution < -0.4 is 5.32 Å². The van der Waals surface area contributed by atoms with Gasteiger partial charge in [0.15, 0.2) is 0 Å². The summed E-state index contributed by atoms with van der Waals surface area (Å²) >= 11 is 3.29. The van der Waals surface area contributed by atoms with Gasteiger partial charge in [-0.15, -0.1) is 0 Å². The number of nitrogens with one attached hydrogen (secondary N) is 1. The highest BCUT2D eigenvalue weighted by Crippen LogP contribution is 2.03. The first kappa shape index (κ1) is 14.9. The van der Waals surface area contributed by atoms with Gasteiger partial charge in [-0.2, -0.15) is 0 Å². The lowest BCUT2D eigenvalue weighted by Gasteiger charge is -2.08. The van der Waals surface area contributed by atoms with Gasteiger partial charge >= 0.3 is 0 Å². The minimum atomic E-state index is -0.0769. The largest absolute Gasteiger partial charge is 0.382 e. The molecule has 0 aliphatic heterocycles. The third kappa shape index (κ3) is 8.84. The molecule has 0 rings (SSSR count). The summed E-state index contributed by atoms with van der Waals surface area (Å²) in [6.45, 7) is 4.51. The van der Waals surface area contributed by atoms with Crippen LogP contribution in [0.5, 0.6) is 0 Å². The smallest absolute Gasteiger partial charge is 0.233 e. The summed E-state index contributed by atoms with van der Waals surface area (Å²) in [5.41, 5.74) is 0. The lowest BCUT2D eigenvalue weighted by molar-refractivity contribution is -0.120. The van der Waals surface area contributed by atoms with Crippen molar-refractivity contribution in [3.05, 3.63) is 0 Å². The van der Waals surface area contributed by atoms with E-state index in [0.29, 0.717) is 26.4 Å². The van der Waals surface area contributed by atoms with Gasteiger partial charge < -0.3 is 14.8 Å². The van der Waals surface area contributed by atoms with Crippen LogP contribution in [-0.2, 0) is 14.3 Å². The lowest BCUT2D eigenvalue weighted by Crippen LogP contribution is -2.31. The molecular weight excluding hydrogens is 262 g/mol. The molecule has 1 N–H and O–H groups in total. The predicted molar refractivity (Wildman–Crippen MR) is 63.3 cm³/mol. The number of hydrogen-bond acceptors (Lipinski definition) is 3. The maximum Gasteiger partial charge on any atom is 0.233 e. The zero-order valence-corrected chi connectivity index (χ0v) is 11.0. The van der Waals surface area contributed by atoms with Gasteiger partial charge in [0.25, 0.3) is 0 Å². The standard InChI is InChI=1S/C10H20BrNO3/c1-3-9(11)10(13)12-5-4-6-15-8-7-14-2/h9H,3-8H2,1-2H3,(H,12,13). The minimum Gasteiger partial charge on any atom is -0.382 e. The molecule has 0 radical (unpaired) electrons. The van der Waals surface area contributed by atoms with Crippen molar-refractivity contribution in [3.8, 4) is 0 Å². The number of methoxy groups -OCH3 is 1. The van der Waals surface area contributed by atoms with E-state index in [-0.39, 0.29) is 10.7 Å². The summed E-state index contributed by atoms with van der Waals surface area (Å²) in [6.07, 6.45) is 1.63. The topological polar surface area (TPSA) is 47.6 Å². The van der Waals surface area contributed by atoms with E-state index >= 15 is 0 Å². The number of ether oxygens (including phenoxy) is 2. The molecule has 1 amide bonds. The Kier molecular flexibility index (Phi) is 10.3. The highest BCUT2D eigenvalue weighted by atomic mass is 79.9. The Morgan fingerprint density at radius 1 is 1.40 bits per heavy atom. The van der Waals surface area contributed by atoms with Crippen LogP contribution in [0, 0.1) is 0 Å². The average Bonchev–Trinajstić information content (AvgIpc) is 2.26. The SMILES string of the molecule is CCC(Br)C(=O)NCCCOCCOC. The van der Waals surface area contributed by atoms with Crippen LogP contribution in [0.15, 0.2) is 0 Å². The molecule has 5 heteroatoms. The summed E-state index contributed by atoms with van der Waals surface area (Å²) in [4.78, 5) is 11.2. The van der Waals surface area contributed by atoms with Crippen molar-refractivity contribution in [2.75, 3.05) is 33.5 Å². The first-order chi connectivity index (χ1) is 7.22. The van der Waals surface area contributed by atoms with Crippen LogP contribution in [-0.4, -0.2) is 44.2 Å². The van der Waals surface area contributed by atoms with Gasteiger partial charge in [-0.3, -0.25) is 4.79 Å². The molecule has 1 atom stereocenters. The van der Waals surface area contributed by atoms with E-state index in [9.17, 15) is 4.79 Å². The maximum atomic E-state index is 11.3. The molecule has 4 nitrogen and oxygen atoms in total. The molecule has 0 heterocycles. The Labute approximate surface area is 99.8 Å². The zero-order valence-electron chi connectivity index (χ0n) is 9.42. The summed E-state index contributed by atoms with van der Waals surface area (Å²) < 4.78 is 10.1. The third-order valence-electron chi connectivity index (χ3n) is 1.84. The van der Waals surface area contributed by atoms with E-state index < -0.39 is 0 Å². The Morgan fingerprint density at radius 2 is 2.13 bits per heavy atom. The second-order valence-corrected chi connectivity index (χ2v) is 4.23. The maximum absolute atomic E-state index is 11.3. The van der Waals surface area contributed by atoms with E-state index in [0.717, 1.165) is 12.8 Å². The van der Waals surface area contributed by atoms with Crippen LogP contribution in [0.4, 0.5) is 0 Å². The number of rotatable bonds is 9. The van der Waals surface area contributed by atoms with Crippen molar-refractivity contribution < 1.29 is 14.3 Å². The first-order valence-corrected chi connectivity index (χ1v) is 6.12. The van der Waals surface area contributed by atoms with Crippen LogP contribution in [0.3, 0.4) is 0 Å². The van der Waals surface area contributed by atoms with E-state index in [2.05, 4.69) is 21.2 Å². The number of alkyl halides is 1. The van der Waals surface area contributed by atoms with Crippen LogP contribution in [0.1, 0.15) is 19.8 Å². The van der Waals surface area contributed by atoms with Gasteiger partial charge in [0.2, 0.25) is 5.91 Å². The van der Waals surface area contributed by atoms with Gasteiger partial charge in [-0.05, 0) is 12.8 Å².